The molecular formula is C6H7N3O4S2. The van der Waals surface area contributed by atoms with E-state index in [4.69, 9.17) is 5.73 Å². The smallest absolute Gasteiger partial charge is 0.271 e. The summed E-state index contributed by atoms with van der Waals surface area (Å²) in [6.07, 6.45) is 0.793. The van der Waals surface area contributed by atoms with Gasteiger partial charge in [-0.1, -0.05) is 0 Å². The molecule has 0 fully saturated rings. The van der Waals surface area contributed by atoms with Gasteiger partial charge in [-0.05, 0) is 12.2 Å². The van der Waals surface area contributed by atoms with Crippen molar-refractivity contribution in [2.24, 2.45) is 5.73 Å². The van der Waals surface area contributed by atoms with E-state index in [-0.39, 0.29) is 4.77 Å². The first kappa shape index (κ1) is 11.6. The summed E-state index contributed by atoms with van der Waals surface area (Å²) in [4.78, 5) is 25.8. The topological polar surface area (TPSA) is 126 Å². The number of rotatable bonds is 2. The maximum absolute atomic E-state index is 11.3. The summed E-state index contributed by atoms with van der Waals surface area (Å²) in [6, 6.07) is 0. The van der Waals surface area contributed by atoms with Gasteiger partial charge in [0.15, 0.2) is 19.5 Å². The molecule has 0 atom stereocenters. The molecular weight excluding hydrogens is 242 g/mol. The van der Waals surface area contributed by atoms with Crippen LogP contribution in [0.15, 0.2) is 9.69 Å². The fourth-order valence-electron chi connectivity index (χ4n) is 1.00. The molecule has 0 spiro atoms. The number of carbonyl (C=O) groups is 1. The number of nitrogens with two attached hydrogens (primary N) is 1. The first-order chi connectivity index (χ1) is 6.73. The molecule has 82 valence electrons. The normalized spacial score (nSPS) is 11.3. The molecule has 1 heterocycles. The lowest BCUT2D eigenvalue weighted by atomic mass is 10.4. The zero-order chi connectivity index (χ0) is 11.8. The van der Waals surface area contributed by atoms with E-state index in [1.165, 1.54) is 0 Å². The largest absolute Gasteiger partial charge is 0.364 e. The Morgan fingerprint density at radius 3 is 2.33 bits per heavy atom. The van der Waals surface area contributed by atoms with Crippen molar-refractivity contribution in [1.29, 1.82) is 0 Å². The van der Waals surface area contributed by atoms with E-state index in [0.717, 1.165) is 6.26 Å². The van der Waals surface area contributed by atoms with E-state index in [1.54, 1.807) is 0 Å². The lowest BCUT2D eigenvalue weighted by Gasteiger charge is -2.02. The van der Waals surface area contributed by atoms with E-state index < -0.39 is 31.9 Å². The Bertz CT molecular complexity index is 625. The fourth-order valence-corrected chi connectivity index (χ4v) is 2.11. The van der Waals surface area contributed by atoms with Crippen LogP contribution in [0.1, 0.15) is 10.5 Å². The Kier molecular flexibility index (Phi) is 2.77. The molecule has 1 rings (SSSR count). The molecule has 0 aromatic carbocycles. The highest BCUT2D eigenvalue weighted by atomic mass is 32.2. The number of hydrogen-bond donors (Lipinski definition) is 3. The molecule has 0 saturated heterocycles. The molecule has 4 N–H and O–H groups in total. The van der Waals surface area contributed by atoms with Crippen LogP contribution in [0.4, 0.5) is 0 Å². The standard InChI is InChI=1S/C6H7N3O4S2/c1-15(12,13)3-2(4(7)10)8-6(14)9-5(3)11/h1H3,(H2,7,10)(H2,8,9,11,14). The third-order valence-corrected chi connectivity index (χ3v) is 2.85. The highest BCUT2D eigenvalue weighted by Gasteiger charge is 2.21. The van der Waals surface area contributed by atoms with Gasteiger partial charge in [0, 0.05) is 6.26 Å². The van der Waals surface area contributed by atoms with Gasteiger partial charge in [0.25, 0.3) is 11.5 Å². The maximum atomic E-state index is 11.3. The molecule has 0 aliphatic rings. The number of aromatic amines is 2. The van der Waals surface area contributed by atoms with E-state index in [2.05, 4.69) is 22.2 Å². The van der Waals surface area contributed by atoms with Gasteiger partial charge in [-0.15, -0.1) is 0 Å². The van der Waals surface area contributed by atoms with Crippen molar-refractivity contribution in [3.8, 4) is 0 Å². The molecule has 7 nitrogen and oxygen atoms in total. The van der Waals surface area contributed by atoms with Crippen LogP contribution in [0.5, 0.6) is 0 Å². The second-order valence-electron chi connectivity index (χ2n) is 2.75. The van der Waals surface area contributed by atoms with Crippen LogP contribution in [-0.2, 0) is 9.84 Å². The Morgan fingerprint density at radius 2 is 1.93 bits per heavy atom. The molecule has 0 aliphatic carbocycles. The average Bonchev–Trinajstić information content (AvgIpc) is 1.99. The molecule has 0 radical (unpaired) electrons. The zero-order valence-electron chi connectivity index (χ0n) is 7.53. The van der Waals surface area contributed by atoms with Crippen molar-refractivity contribution in [2.45, 2.75) is 4.90 Å². The van der Waals surface area contributed by atoms with Gasteiger partial charge in [-0.2, -0.15) is 0 Å². The summed E-state index contributed by atoms with van der Waals surface area (Å²) in [5, 5.41) is 0. The van der Waals surface area contributed by atoms with Crippen molar-refractivity contribution in [3.63, 3.8) is 0 Å². The number of primary amides is 1. The number of aromatic nitrogens is 2. The molecule has 0 unspecified atom stereocenters. The van der Waals surface area contributed by atoms with Gasteiger partial charge >= 0.3 is 0 Å². The summed E-state index contributed by atoms with van der Waals surface area (Å²) < 4.78 is 22.3. The molecule has 1 amide bonds. The Hall–Kier alpha value is -1.48. The lowest BCUT2D eigenvalue weighted by Crippen LogP contribution is -2.26. The molecule has 0 bridgehead atoms. The van der Waals surface area contributed by atoms with Gasteiger partial charge in [-0.3, -0.25) is 14.6 Å². The van der Waals surface area contributed by atoms with Crippen molar-refractivity contribution in [2.75, 3.05) is 6.26 Å². The SMILES string of the molecule is CS(=O)(=O)c1c(C(N)=O)[nH]c(=S)[nH]c1=O. The summed E-state index contributed by atoms with van der Waals surface area (Å²) in [5.74, 6) is -1.06. The quantitative estimate of drug-likeness (QED) is 0.575. The first-order valence-corrected chi connectivity index (χ1v) is 5.90. The van der Waals surface area contributed by atoms with E-state index in [0.29, 0.717) is 0 Å². The van der Waals surface area contributed by atoms with Crippen molar-refractivity contribution >= 4 is 28.0 Å². The number of H-pyrrole nitrogens is 2. The third-order valence-electron chi connectivity index (χ3n) is 1.52. The van der Waals surface area contributed by atoms with Crippen LogP contribution in [0.25, 0.3) is 0 Å². The second kappa shape index (κ2) is 3.59. The van der Waals surface area contributed by atoms with Gasteiger partial charge in [-0.25, -0.2) is 8.42 Å². The third kappa shape index (κ3) is 2.30. The van der Waals surface area contributed by atoms with Crippen molar-refractivity contribution in [3.05, 3.63) is 20.8 Å². The summed E-state index contributed by atoms with van der Waals surface area (Å²) in [6.45, 7) is 0. The van der Waals surface area contributed by atoms with Crippen LogP contribution >= 0.6 is 12.2 Å². The minimum absolute atomic E-state index is 0.166. The maximum Gasteiger partial charge on any atom is 0.271 e. The van der Waals surface area contributed by atoms with Gasteiger partial charge in [0.05, 0.1) is 0 Å². The van der Waals surface area contributed by atoms with Gasteiger partial charge < -0.3 is 10.7 Å². The molecule has 9 heteroatoms. The number of nitrogens with one attached hydrogen (secondary N) is 2. The Morgan fingerprint density at radius 1 is 1.40 bits per heavy atom. The Labute approximate surface area is 89.2 Å². The van der Waals surface area contributed by atoms with Crippen LogP contribution in [0.3, 0.4) is 0 Å². The van der Waals surface area contributed by atoms with E-state index in [9.17, 15) is 18.0 Å². The number of amides is 1. The number of carbonyl (C=O) groups excluding carboxylic acids is 1. The molecule has 1 aromatic heterocycles. The number of hydrogen-bond acceptors (Lipinski definition) is 5. The van der Waals surface area contributed by atoms with Crippen LogP contribution in [0.2, 0.25) is 0 Å². The summed E-state index contributed by atoms with van der Waals surface area (Å²) >= 11 is 4.58. The molecule has 1 aromatic rings. The van der Waals surface area contributed by atoms with Crippen LogP contribution in [-0.4, -0.2) is 30.5 Å². The van der Waals surface area contributed by atoms with Crippen molar-refractivity contribution in [1.82, 2.24) is 9.97 Å². The van der Waals surface area contributed by atoms with Crippen molar-refractivity contribution < 1.29 is 13.2 Å². The van der Waals surface area contributed by atoms with Crippen LogP contribution in [0, 0.1) is 4.77 Å². The monoisotopic (exact) mass is 249 g/mol. The molecule has 0 aliphatic heterocycles. The minimum Gasteiger partial charge on any atom is -0.364 e. The fraction of sp³-hybridized carbons (Fsp3) is 0.167. The van der Waals surface area contributed by atoms with E-state index in [1.807, 2.05) is 0 Å². The highest BCUT2D eigenvalue weighted by Crippen LogP contribution is 2.06. The van der Waals surface area contributed by atoms with Gasteiger partial charge in [0.2, 0.25) is 0 Å². The van der Waals surface area contributed by atoms with Crippen LogP contribution < -0.4 is 11.3 Å². The lowest BCUT2D eigenvalue weighted by molar-refractivity contribution is 0.0991. The average molecular weight is 249 g/mol. The number of sulfone groups is 1. The predicted molar refractivity (Wildman–Crippen MR) is 53.9 cm³/mol. The zero-order valence-corrected chi connectivity index (χ0v) is 9.16. The highest BCUT2D eigenvalue weighted by molar-refractivity contribution is 7.90. The second-order valence-corrected chi connectivity index (χ2v) is 5.11. The summed E-state index contributed by atoms with van der Waals surface area (Å²) in [7, 11) is -3.85. The predicted octanol–water partition coefficient (Wildman–Crippen LogP) is -1.07. The van der Waals surface area contributed by atoms with E-state index >= 15 is 0 Å². The minimum atomic E-state index is -3.85. The molecule has 15 heavy (non-hydrogen) atoms. The van der Waals surface area contributed by atoms with Gasteiger partial charge in [0.1, 0.15) is 5.69 Å². The molecule has 0 saturated carbocycles. The first-order valence-electron chi connectivity index (χ1n) is 3.60. The summed E-state index contributed by atoms with van der Waals surface area (Å²) in [5.41, 5.74) is 3.44. The Balaban J connectivity index is 3.87.